The summed E-state index contributed by atoms with van der Waals surface area (Å²) in [6.45, 7) is 11.2. The Labute approximate surface area is 106 Å². The van der Waals surface area contributed by atoms with Crippen molar-refractivity contribution in [3.8, 4) is 0 Å². The molecule has 17 heavy (non-hydrogen) atoms. The Bertz CT molecular complexity index is 245. The smallest absolute Gasteiger partial charge is 0.323 e. The minimum absolute atomic E-state index is 0.00560. The van der Waals surface area contributed by atoms with E-state index in [0.717, 1.165) is 32.4 Å². The molecule has 0 bridgehead atoms. The molecule has 1 atom stereocenters. The van der Waals surface area contributed by atoms with Crippen LogP contribution in [-0.4, -0.2) is 36.6 Å². The lowest BCUT2D eigenvalue weighted by Gasteiger charge is -2.35. The standard InChI is InChI=1S/C14H27NO2/c1-5-17-13(16)12-8-6-7-10-15(12)11-9-14(2,3)4/h12H,5-11H2,1-4H3. The fraction of sp³-hybridized carbons (Fsp3) is 0.929. The summed E-state index contributed by atoms with van der Waals surface area (Å²) in [5, 5.41) is 0. The van der Waals surface area contributed by atoms with Crippen LogP contribution < -0.4 is 0 Å². The molecule has 0 saturated carbocycles. The largest absolute Gasteiger partial charge is 0.465 e. The van der Waals surface area contributed by atoms with Crippen LogP contribution in [0.2, 0.25) is 0 Å². The van der Waals surface area contributed by atoms with Crippen LogP contribution in [0, 0.1) is 5.41 Å². The van der Waals surface area contributed by atoms with Gasteiger partial charge in [-0.05, 0) is 44.7 Å². The molecule has 0 aliphatic carbocycles. The lowest BCUT2D eigenvalue weighted by molar-refractivity contribution is -0.151. The first-order chi connectivity index (χ1) is 7.94. The van der Waals surface area contributed by atoms with Crippen molar-refractivity contribution in [1.29, 1.82) is 0 Å². The molecule has 1 fully saturated rings. The van der Waals surface area contributed by atoms with Crippen LogP contribution in [0.1, 0.15) is 53.4 Å². The SMILES string of the molecule is CCOC(=O)C1CCCCN1CCC(C)(C)C. The summed E-state index contributed by atoms with van der Waals surface area (Å²) in [5.74, 6) is -0.0268. The van der Waals surface area contributed by atoms with Crippen molar-refractivity contribution in [2.75, 3.05) is 19.7 Å². The highest BCUT2D eigenvalue weighted by Crippen LogP contribution is 2.23. The highest BCUT2D eigenvalue weighted by molar-refractivity contribution is 5.75. The highest BCUT2D eigenvalue weighted by atomic mass is 16.5. The number of piperidine rings is 1. The van der Waals surface area contributed by atoms with Crippen molar-refractivity contribution in [3.63, 3.8) is 0 Å². The van der Waals surface area contributed by atoms with Crippen LogP contribution in [0.3, 0.4) is 0 Å². The maximum atomic E-state index is 11.9. The minimum Gasteiger partial charge on any atom is -0.465 e. The van der Waals surface area contributed by atoms with E-state index in [1.54, 1.807) is 0 Å². The first-order valence-electron chi connectivity index (χ1n) is 6.85. The fourth-order valence-electron chi connectivity index (χ4n) is 2.24. The van der Waals surface area contributed by atoms with E-state index >= 15 is 0 Å². The molecular weight excluding hydrogens is 214 g/mol. The van der Waals surface area contributed by atoms with E-state index in [2.05, 4.69) is 25.7 Å². The highest BCUT2D eigenvalue weighted by Gasteiger charge is 2.30. The molecule has 1 rings (SSSR count). The molecule has 0 radical (unpaired) electrons. The second kappa shape index (κ2) is 6.39. The molecule has 1 aliphatic rings. The molecule has 0 aromatic rings. The van der Waals surface area contributed by atoms with E-state index < -0.39 is 0 Å². The van der Waals surface area contributed by atoms with Crippen LogP contribution in [0.4, 0.5) is 0 Å². The summed E-state index contributed by atoms with van der Waals surface area (Å²) in [4.78, 5) is 14.2. The molecule has 0 spiro atoms. The number of ether oxygens (including phenoxy) is 1. The van der Waals surface area contributed by atoms with Gasteiger partial charge in [-0.1, -0.05) is 27.2 Å². The molecule has 0 aromatic carbocycles. The minimum atomic E-state index is -0.0268. The van der Waals surface area contributed by atoms with Gasteiger partial charge >= 0.3 is 5.97 Å². The number of carbonyl (C=O) groups excluding carboxylic acids is 1. The van der Waals surface area contributed by atoms with E-state index in [4.69, 9.17) is 4.74 Å². The third-order valence-corrected chi connectivity index (χ3v) is 3.32. The summed E-state index contributed by atoms with van der Waals surface area (Å²) in [6.07, 6.45) is 4.45. The van der Waals surface area contributed by atoms with E-state index in [0.29, 0.717) is 12.0 Å². The molecule has 1 heterocycles. The van der Waals surface area contributed by atoms with Gasteiger partial charge in [0.1, 0.15) is 6.04 Å². The zero-order valence-corrected chi connectivity index (χ0v) is 11.8. The average Bonchev–Trinajstić information content (AvgIpc) is 2.26. The molecular formula is C14H27NO2. The van der Waals surface area contributed by atoms with Gasteiger partial charge in [-0.3, -0.25) is 9.69 Å². The normalized spacial score (nSPS) is 22.5. The summed E-state index contributed by atoms with van der Waals surface area (Å²) in [7, 11) is 0. The first-order valence-corrected chi connectivity index (χ1v) is 6.85. The van der Waals surface area contributed by atoms with Crippen molar-refractivity contribution in [1.82, 2.24) is 4.90 Å². The molecule has 1 unspecified atom stereocenters. The Morgan fingerprint density at radius 1 is 1.35 bits per heavy atom. The second-order valence-corrected chi connectivity index (χ2v) is 6.11. The molecule has 100 valence electrons. The van der Waals surface area contributed by atoms with Gasteiger partial charge in [0.25, 0.3) is 0 Å². The number of rotatable bonds is 4. The van der Waals surface area contributed by atoms with Crippen molar-refractivity contribution in [3.05, 3.63) is 0 Å². The average molecular weight is 241 g/mol. The van der Waals surface area contributed by atoms with Gasteiger partial charge in [-0.15, -0.1) is 0 Å². The van der Waals surface area contributed by atoms with Crippen LogP contribution in [0.5, 0.6) is 0 Å². The molecule has 3 nitrogen and oxygen atoms in total. The van der Waals surface area contributed by atoms with Gasteiger partial charge in [-0.25, -0.2) is 0 Å². The molecule has 1 saturated heterocycles. The predicted octanol–water partition coefficient (Wildman–Crippen LogP) is 2.84. The van der Waals surface area contributed by atoms with Crippen molar-refractivity contribution >= 4 is 5.97 Å². The van der Waals surface area contributed by atoms with Crippen LogP contribution in [-0.2, 0) is 9.53 Å². The monoisotopic (exact) mass is 241 g/mol. The zero-order chi connectivity index (χ0) is 12.9. The summed E-state index contributed by atoms with van der Waals surface area (Å²) < 4.78 is 5.16. The van der Waals surface area contributed by atoms with E-state index in [9.17, 15) is 4.79 Å². The van der Waals surface area contributed by atoms with Gasteiger partial charge < -0.3 is 4.74 Å². The third-order valence-electron chi connectivity index (χ3n) is 3.32. The van der Waals surface area contributed by atoms with Crippen molar-refractivity contribution in [2.24, 2.45) is 5.41 Å². The summed E-state index contributed by atoms with van der Waals surface area (Å²) in [5.41, 5.74) is 0.330. The van der Waals surface area contributed by atoms with Crippen LogP contribution in [0.15, 0.2) is 0 Å². The van der Waals surface area contributed by atoms with E-state index in [-0.39, 0.29) is 12.0 Å². The Kier molecular flexibility index (Phi) is 5.44. The molecule has 0 aromatic heterocycles. The Morgan fingerprint density at radius 2 is 2.06 bits per heavy atom. The van der Waals surface area contributed by atoms with Gasteiger partial charge in [0.15, 0.2) is 0 Å². The van der Waals surface area contributed by atoms with Crippen LogP contribution in [0.25, 0.3) is 0 Å². The second-order valence-electron chi connectivity index (χ2n) is 6.11. The van der Waals surface area contributed by atoms with Gasteiger partial charge in [0, 0.05) is 0 Å². The quantitative estimate of drug-likeness (QED) is 0.709. The van der Waals surface area contributed by atoms with E-state index in [1.807, 2.05) is 6.92 Å². The Balaban J connectivity index is 2.50. The van der Waals surface area contributed by atoms with Gasteiger partial charge in [0.2, 0.25) is 0 Å². The fourth-order valence-corrected chi connectivity index (χ4v) is 2.24. The molecule has 0 amide bonds. The molecule has 1 aliphatic heterocycles. The van der Waals surface area contributed by atoms with Crippen molar-refractivity contribution < 1.29 is 9.53 Å². The number of hydrogen-bond donors (Lipinski definition) is 0. The Hall–Kier alpha value is -0.570. The first kappa shape index (κ1) is 14.5. The lowest BCUT2D eigenvalue weighted by Crippen LogP contribution is -2.46. The number of likely N-dealkylation sites (tertiary alicyclic amines) is 1. The summed E-state index contributed by atoms with van der Waals surface area (Å²) in [6, 6.07) is 0.00560. The van der Waals surface area contributed by atoms with Crippen molar-refractivity contribution in [2.45, 2.75) is 59.4 Å². The number of nitrogens with zero attached hydrogens (tertiary/aromatic N) is 1. The van der Waals surface area contributed by atoms with Gasteiger partial charge in [-0.2, -0.15) is 0 Å². The zero-order valence-electron chi connectivity index (χ0n) is 11.8. The topological polar surface area (TPSA) is 29.5 Å². The van der Waals surface area contributed by atoms with E-state index in [1.165, 1.54) is 6.42 Å². The third kappa shape index (κ3) is 5.07. The number of esters is 1. The maximum absolute atomic E-state index is 11.9. The lowest BCUT2D eigenvalue weighted by atomic mass is 9.91. The number of carbonyl (C=O) groups is 1. The van der Waals surface area contributed by atoms with Crippen LogP contribution >= 0.6 is 0 Å². The summed E-state index contributed by atoms with van der Waals surface area (Å²) >= 11 is 0. The maximum Gasteiger partial charge on any atom is 0.323 e. The van der Waals surface area contributed by atoms with Gasteiger partial charge in [0.05, 0.1) is 6.61 Å². The predicted molar refractivity (Wildman–Crippen MR) is 69.9 cm³/mol. The Morgan fingerprint density at radius 3 is 2.65 bits per heavy atom. The number of hydrogen-bond acceptors (Lipinski definition) is 3. The molecule has 0 N–H and O–H groups in total. The molecule has 3 heteroatoms.